The van der Waals surface area contributed by atoms with E-state index in [1.54, 1.807) is 29.9 Å². The van der Waals surface area contributed by atoms with Crippen molar-refractivity contribution in [2.45, 2.75) is 19.3 Å². The molecule has 0 aliphatic carbocycles. The molecule has 0 aliphatic heterocycles. The molecule has 5 nitrogen and oxygen atoms in total. The first-order valence-corrected chi connectivity index (χ1v) is 6.91. The van der Waals surface area contributed by atoms with Gasteiger partial charge in [0.05, 0.1) is 13.3 Å². The van der Waals surface area contributed by atoms with Gasteiger partial charge in [-0.15, -0.1) is 0 Å². The fraction of sp³-hybridized carbons (Fsp3) is 0.375. The van der Waals surface area contributed by atoms with Crippen molar-refractivity contribution in [1.82, 2.24) is 9.78 Å². The monoisotopic (exact) mass is 287 g/mol. The number of benzene rings is 1. The van der Waals surface area contributed by atoms with E-state index in [1.165, 1.54) is 0 Å². The van der Waals surface area contributed by atoms with E-state index >= 15 is 0 Å². The van der Waals surface area contributed by atoms with E-state index in [0.717, 1.165) is 17.1 Å². The Labute approximate surface area is 125 Å². The number of hydrogen-bond donors (Lipinski definition) is 0. The zero-order valence-corrected chi connectivity index (χ0v) is 12.9. The number of methoxy groups -OCH3 is 1. The van der Waals surface area contributed by atoms with Crippen molar-refractivity contribution < 1.29 is 9.53 Å². The molecule has 0 saturated heterocycles. The molecule has 0 unspecified atom stereocenters. The second-order valence-corrected chi connectivity index (χ2v) is 5.15. The minimum Gasteiger partial charge on any atom is -0.497 e. The Hall–Kier alpha value is -2.30. The third-order valence-electron chi connectivity index (χ3n) is 3.66. The largest absolute Gasteiger partial charge is 0.497 e. The van der Waals surface area contributed by atoms with Crippen molar-refractivity contribution in [1.29, 1.82) is 0 Å². The van der Waals surface area contributed by atoms with Gasteiger partial charge in [0.25, 0.3) is 0 Å². The van der Waals surface area contributed by atoms with Crippen LogP contribution in [-0.4, -0.2) is 29.8 Å². The summed E-state index contributed by atoms with van der Waals surface area (Å²) in [4.78, 5) is 14.0. The average molecular weight is 287 g/mol. The SMILES string of the molecule is COc1cccc([C@@H](C)CC(=O)N(C)c2ccnn2C)c1. The van der Waals surface area contributed by atoms with E-state index in [-0.39, 0.29) is 11.8 Å². The number of rotatable bonds is 5. The van der Waals surface area contributed by atoms with E-state index in [9.17, 15) is 4.79 Å². The van der Waals surface area contributed by atoms with Crippen LogP contribution in [0.4, 0.5) is 5.82 Å². The predicted octanol–water partition coefficient (Wildman–Crippen LogP) is 2.59. The Bertz CT molecular complexity index is 621. The molecule has 21 heavy (non-hydrogen) atoms. The van der Waals surface area contributed by atoms with Crippen LogP contribution in [0.5, 0.6) is 5.75 Å². The number of anilines is 1. The second-order valence-electron chi connectivity index (χ2n) is 5.15. The lowest BCUT2D eigenvalue weighted by Gasteiger charge is -2.20. The highest BCUT2D eigenvalue weighted by Crippen LogP contribution is 2.24. The number of nitrogens with zero attached hydrogens (tertiary/aromatic N) is 3. The Morgan fingerprint density at radius 2 is 2.19 bits per heavy atom. The molecule has 0 spiro atoms. The average Bonchev–Trinajstić information content (AvgIpc) is 2.92. The van der Waals surface area contributed by atoms with E-state index in [0.29, 0.717) is 6.42 Å². The van der Waals surface area contributed by atoms with Crippen LogP contribution in [0.2, 0.25) is 0 Å². The summed E-state index contributed by atoms with van der Waals surface area (Å²) in [6.07, 6.45) is 2.12. The molecule has 1 aromatic carbocycles. The van der Waals surface area contributed by atoms with Crippen LogP contribution < -0.4 is 9.64 Å². The van der Waals surface area contributed by atoms with Crippen molar-refractivity contribution in [3.05, 3.63) is 42.1 Å². The number of carbonyl (C=O) groups is 1. The number of ether oxygens (including phenoxy) is 1. The predicted molar refractivity (Wildman–Crippen MR) is 82.6 cm³/mol. The van der Waals surface area contributed by atoms with Crippen molar-refractivity contribution in [2.24, 2.45) is 7.05 Å². The normalized spacial score (nSPS) is 12.0. The van der Waals surface area contributed by atoms with E-state index in [1.807, 2.05) is 44.3 Å². The molecule has 1 aromatic heterocycles. The number of aryl methyl sites for hydroxylation is 1. The Balaban J connectivity index is 2.06. The van der Waals surface area contributed by atoms with Gasteiger partial charge >= 0.3 is 0 Å². The van der Waals surface area contributed by atoms with Gasteiger partial charge in [-0.1, -0.05) is 19.1 Å². The fourth-order valence-corrected chi connectivity index (χ4v) is 2.29. The standard InChI is InChI=1S/C16H21N3O2/c1-12(13-6-5-7-14(11-13)21-4)10-16(20)18(2)15-8-9-17-19(15)3/h5-9,11-12H,10H2,1-4H3/t12-/m0/s1. The van der Waals surface area contributed by atoms with E-state index in [2.05, 4.69) is 5.10 Å². The summed E-state index contributed by atoms with van der Waals surface area (Å²) in [6, 6.07) is 9.67. The van der Waals surface area contributed by atoms with Gasteiger partial charge in [0.2, 0.25) is 5.91 Å². The first-order valence-electron chi connectivity index (χ1n) is 6.91. The topological polar surface area (TPSA) is 47.4 Å². The highest BCUT2D eigenvalue weighted by Gasteiger charge is 2.18. The first kappa shape index (κ1) is 15.1. The molecule has 0 fully saturated rings. The van der Waals surface area contributed by atoms with Gasteiger partial charge in [-0.2, -0.15) is 5.10 Å². The number of amides is 1. The van der Waals surface area contributed by atoms with E-state index < -0.39 is 0 Å². The summed E-state index contributed by atoms with van der Waals surface area (Å²) in [5, 5.41) is 4.09. The summed E-state index contributed by atoms with van der Waals surface area (Å²) < 4.78 is 6.91. The summed E-state index contributed by atoms with van der Waals surface area (Å²) in [5.41, 5.74) is 1.10. The molecule has 1 amide bonds. The van der Waals surface area contributed by atoms with Crippen molar-refractivity contribution in [2.75, 3.05) is 19.1 Å². The molecular weight excluding hydrogens is 266 g/mol. The third kappa shape index (κ3) is 3.42. The number of aromatic nitrogens is 2. The van der Waals surface area contributed by atoms with Gasteiger partial charge in [0.15, 0.2) is 0 Å². The van der Waals surface area contributed by atoms with Gasteiger partial charge in [0.1, 0.15) is 11.6 Å². The van der Waals surface area contributed by atoms with Crippen LogP contribution >= 0.6 is 0 Å². The minimum absolute atomic E-state index is 0.0638. The lowest BCUT2D eigenvalue weighted by atomic mass is 9.97. The third-order valence-corrected chi connectivity index (χ3v) is 3.66. The van der Waals surface area contributed by atoms with Crippen LogP contribution in [0.3, 0.4) is 0 Å². The van der Waals surface area contributed by atoms with Gasteiger partial charge in [-0.25, -0.2) is 0 Å². The summed E-state index contributed by atoms with van der Waals surface area (Å²) in [6.45, 7) is 2.05. The van der Waals surface area contributed by atoms with Gasteiger partial charge in [-0.3, -0.25) is 9.48 Å². The summed E-state index contributed by atoms with van der Waals surface area (Å²) in [5.74, 6) is 1.79. The molecule has 0 aliphatic rings. The van der Waals surface area contributed by atoms with Crippen LogP contribution in [0, 0.1) is 0 Å². The molecule has 0 N–H and O–H groups in total. The maximum absolute atomic E-state index is 12.4. The quantitative estimate of drug-likeness (QED) is 0.849. The smallest absolute Gasteiger partial charge is 0.228 e. The zero-order valence-electron chi connectivity index (χ0n) is 12.9. The summed E-state index contributed by atoms with van der Waals surface area (Å²) >= 11 is 0. The molecule has 0 saturated carbocycles. The molecule has 2 aromatic rings. The van der Waals surface area contributed by atoms with Crippen LogP contribution in [0.25, 0.3) is 0 Å². The minimum atomic E-state index is 0.0638. The Morgan fingerprint density at radius 1 is 1.43 bits per heavy atom. The maximum Gasteiger partial charge on any atom is 0.228 e. The van der Waals surface area contributed by atoms with Crippen LogP contribution in [0.15, 0.2) is 36.5 Å². The zero-order chi connectivity index (χ0) is 15.4. The molecule has 5 heteroatoms. The fourth-order valence-electron chi connectivity index (χ4n) is 2.29. The Morgan fingerprint density at radius 3 is 2.81 bits per heavy atom. The lowest BCUT2D eigenvalue weighted by Crippen LogP contribution is -2.29. The van der Waals surface area contributed by atoms with Crippen molar-refractivity contribution in [3.63, 3.8) is 0 Å². The first-order chi connectivity index (χ1) is 10.0. The lowest BCUT2D eigenvalue weighted by molar-refractivity contribution is -0.118. The molecule has 1 atom stereocenters. The van der Waals surface area contributed by atoms with E-state index in [4.69, 9.17) is 4.74 Å². The summed E-state index contributed by atoms with van der Waals surface area (Å²) in [7, 11) is 5.24. The van der Waals surface area contributed by atoms with Gasteiger partial charge < -0.3 is 9.64 Å². The molecule has 0 bridgehead atoms. The maximum atomic E-state index is 12.4. The van der Waals surface area contributed by atoms with Crippen molar-refractivity contribution in [3.8, 4) is 5.75 Å². The molecular formula is C16H21N3O2. The second kappa shape index (κ2) is 6.43. The van der Waals surface area contributed by atoms with Crippen LogP contribution in [0.1, 0.15) is 24.8 Å². The van der Waals surface area contributed by atoms with Crippen molar-refractivity contribution >= 4 is 11.7 Å². The molecule has 1 heterocycles. The van der Waals surface area contributed by atoms with Gasteiger partial charge in [-0.05, 0) is 23.6 Å². The highest BCUT2D eigenvalue weighted by atomic mass is 16.5. The number of carbonyl (C=O) groups excluding carboxylic acids is 1. The molecule has 112 valence electrons. The molecule has 0 radical (unpaired) electrons. The van der Waals surface area contributed by atoms with Gasteiger partial charge in [0, 0.05) is 26.6 Å². The number of hydrogen-bond acceptors (Lipinski definition) is 3. The highest BCUT2D eigenvalue weighted by molar-refractivity contribution is 5.92. The van der Waals surface area contributed by atoms with Crippen LogP contribution in [-0.2, 0) is 11.8 Å². The molecule has 2 rings (SSSR count). The Kier molecular flexibility index (Phi) is 4.62.